The van der Waals surface area contributed by atoms with Gasteiger partial charge in [0.05, 0.1) is 0 Å². The number of ether oxygens (including phenoxy) is 2. The number of hydrogen-bond donors (Lipinski definition) is 1. The summed E-state index contributed by atoms with van der Waals surface area (Å²) in [4.78, 5) is 12.2. The molecule has 1 N–H and O–H groups in total. The van der Waals surface area contributed by atoms with Gasteiger partial charge in [-0.15, -0.1) is 0 Å². The summed E-state index contributed by atoms with van der Waals surface area (Å²) in [6.45, 7) is 5.93. The number of fused-ring (bicyclic) bond motifs is 1. The second-order valence-electron chi connectivity index (χ2n) is 7.44. The van der Waals surface area contributed by atoms with E-state index in [4.69, 9.17) is 13.9 Å². The maximum atomic E-state index is 12.2. The minimum absolute atomic E-state index is 0.0455. The van der Waals surface area contributed by atoms with Crippen molar-refractivity contribution in [2.75, 3.05) is 5.32 Å². The highest BCUT2D eigenvalue weighted by molar-refractivity contribution is 5.91. The van der Waals surface area contributed by atoms with E-state index in [9.17, 15) is 4.79 Å². The lowest BCUT2D eigenvalue weighted by Crippen LogP contribution is -2.29. The van der Waals surface area contributed by atoms with E-state index in [2.05, 4.69) is 12.2 Å². The van der Waals surface area contributed by atoms with Gasteiger partial charge >= 0.3 is 0 Å². The SMILES string of the molecule is C[C@H]1C[C@@H]1c1ccc(CCC(=O)Nc2ccc3c(c2)OC(C)(C)O3)o1. The fourth-order valence-electron chi connectivity index (χ4n) is 3.21. The maximum Gasteiger partial charge on any atom is 0.246 e. The van der Waals surface area contributed by atoms with Crippen LogP contribution in [0, 0.1) is 5.92 Å². The predicted molar refractivity (Wildman–Crippen MR) is 94.0 cm³/mol. The molecule has 5 heteroatoms. The van der Waals surface area contributed by atoms with Crippen molar-refractivity contribution < 1.29 is 18.7 Å². The summed E-state index contributed by atoms with van der Waals surface area (Å²) in [6.07, 6.45) is 2.19. The molecule has 2 aromatic rings. The molecule has 0 spiro atoms. The Labute approximate surface area is 147 Å². The summed E-state index contributed by atoms with van der Waals surface area (Å²) < 4.78 is 17.2. The van der Waals surface area contributed by atoms with Gasteiger partial charge in [0.15, 0.2) is 11.5 Å². The fourth-order valence-corrected chi connectivity index (χ4v) is 3.21. The zero-order valence-corrected chi connectivity index (χ0v) is 14.8. The Kier molecular flexibility index (Phi) is 3.74. The molecule has 1 aromatic carbocycles. The van der Waals surface area contributed by atoms with E-state index < -0.39 is 5.79 Å². The standard InChI is InChI=1S/C20H23NO4/c1-12-10-15(12)16-8-5-14(23-16)6-9-19(22)21-13-4-7-17-18(11-13)25-20(2,3)24-17/h4-5,7-8,11-12,15H,6,9-10H2,1-3H3,(H,21,22)/t12-,15-/m0/s1. The molecular weight excluding hydrogens is 318 g/mol. The Hall–Kier alpha value is -2.43. The normalized spacial score (nSPS) is 22.7. The monoisotopic (exact) mass is 341 g/mol. The van der Waals surface area contributed by atoms with E-state index in [0.29, 0.717) is 35.9 Å². The number of aryl methyl sites for hydroxylation is 1. The van der Waals surface area contributed by atoms with Crippen LogP contribution in [0.2, 0.25) is 0 Å². The molecule has 1 aliphatic heterocycles. The van der Waals surface area contributed by atoms with Crippen LogP contribution in [0.4, 0.5) is 5.69 Å². The van der Waals surface area contributed by atoms with Crippen molar-refractivity contribution in [1.82, 2.24) is 0 Å². The molecule has 25 heavy (non-hydrogen) atoms. The van der Waals surface area contributed by atoms with Crippen molar-refractivity contribution in [2.24, 2.45) is 5.92 Å². The van der Waals surface area contributed by atoms with Crippen molar-refractivity contribution in [3.63, 3.8) is 0 Å². The number of anilines is 1. The van der Waals surface area contributed by atoms with Gasteiger partial charge in [-0.1, -0.05) is 6.92 Å². The van der Waals surface area contributed by atoms with Crippen LogP contribution in [0.1, 0.15) is 51.1 Å². The first-order valence-electron chi connectivity index (χ1n) is 8.80. The average molecular weight is 341 g/mol. The molecule has 0 bridgehead atoms. The molecule has 132 valence electrons. The number of nitrogens with one attached hydrogen (secondary N) is 1. The van der Waals surface area contributed by atoms with Crippen molar-refractivity contribution >= 4 is 11.6 Å². The summed E-state index contributed by atoms with van der Waals surface area (Å²) in [5.41, 5.74) is 0.706. The summed E-state index contributed by atoms with van der Waals surface area (Å²) in [7, 11) is 0. The van der Waals surface area contributed by atoms with Gasteiger partial charge in [-0.05, 0) is 36.6 Å². The van der Waals surface area contributed by atoms with Gasteiger partial charge in [-0.25, -0.2) is 0 Å². The molecule has 0 saturated heterocycles. The van der Waals surface area contributed by atoms with Crippen molar-refractivity contribution in [1.29, 1.82) is 0 Å². The highest BCUT2D eigenvalue weighted by Crippen LogP contribution is 2.47. The molecule has 1 fully saturated rings. The zero-order valence-electron chi connectivity index (χ0n) is 14.8. The molecule has 5 nitrogen and oxygen atoms in total. The third-order valence-electron chi connectivity index (χ3n) is 4.69. The topological polar surface area (TPSA) is 60.7 Å². The Morgan fingerprint density at radius 3 is 2.72 bits per heavy atom. The second-order valence-corrected chi connectivity index (χ2v) is 7.44. The first kappa shape index (κ1) is 16.1. The Balaban J connectivity index is 1.31. The molecule has 0 radical (unpaired) electrons. The molecule has 1 aliphatic carbocycles. The molecule has 4 rings (SSSR count). The van der Waals surface area contributed by atoms with Crippen LogP contribution in [-0.4, -0.2) is 11.7 Å². The first-order valence-corrected chi connectivity index (χ1v) is 8.80. The Morgan fingerprint density at radius 1 is 1.20 bits per heavy atom. The van der Waals surface area contributed by atoms with Gasteiger partial charge in [-0.2, -0.15) is 0 Å². The third kappa shape index (κ3) is 3.50. The van der Waals surface area contributed by atoms with E-state index >= 15 is 0 Å². The summed E-state index contributed by atoms with van der Waals surface area (Å²) in [5.74, 6) is 3.85. The molecule has 1 amide bonds. The first-order chi connectivity index (χ1) is 11.9. The quantitative estimate of drug-likeness (QED) is 0.871. The Morgan fingerprint density at radius 2 is 1.96 bits per heavy atom. The average Bonchev–Trinajstić information content (AvgIpc) is 2.96. The number of hydrogen-bond acceptors (Lipinski definition) is 4. The number of benzene rings is 1. The van der Waals surface area contributed by atoms with Gasteiger partial charge in [0, 0.05) is 44.4 Å². The number of rotatable bonds is 5. The molecular formula is C20H23NO4. The van der Waals surface area contributed by atoms with Gasteiger partial charge in [0.2, 0.25) is 11.7 Å². The largest absolute Gasteiger partial charge is 0.466 e. The number of furan rings is 1. The smallest absolute Gasteiger partial charge is 0.246 e. The highest BCUT2D eigenvalue weighted by atomic mass is 16.7. The minimum Gasteiger partial charge on any atom is -0.466 e. The molecule has 2 aliphatic rings. The van der Waals surface area contributed by atoms with E-state index in [-0.39, 0.29) is 5.91 Å². The van der Waals surface area contributed by atoms with Gasteiger partial charge in [0.1, 0.15) is 11.5 Å². The lowest BCUT2D eigenvalue weighted by atomic mass is 10.2. The van der Waals surface area contributed by atoms with Crippen molar-refractivity contribution in [3.05, 3.63) is 41.9 Å². The van der Waals surface area contributed by atoms with Crippen LogP contribution in [-0.2, 0) is 11.2 Å². The third-order valence-corrected chi connectivity index (χ3v) is 4.69. The van der Waals surface area contributed by atoms with Crippen LogP contribution >= 0.6 is 0 Å². The highest BCUT2D eigenvalue weighted by Gasteiger charge is 2.36. The zero-order chi connectivity index (χ0) is 17.6. The molecule has 1 aromatic heterocycles. The predicted octanol–water partition coefficient (Wildman–Crippen LogP) is 4.48. The van der Waals surface area contributed by atoms with Crippen LogP contribution < -0.4 is 14.8 Å². The van der Waals surface area contributed by atoms with E-state index in [0.717, 1.165) is 17.4 Å². The van der Waals surface area contributed by atoms with Crippen LogP contribution in [0.3, 0.4) is 0 Å². The van der Waals surface area contributed by atoms with E-state index in [1.165, 1.54) is 6.42 Å². The number of carbonyl (C=O) groups excluding carboxylic acids is 1. The van der Waals surface area contributed by atoms with E-state index in [1.807, 2.05) is 38.1 Å². The lowest BCUT2D eigenvalue weighted by Gasteiger charge is -2.16. The molecule has 2 atom stereocenters. The Bertz CT molecular complexity index is 808. The number of carbonyl (C=O) groups is 1. The number of amides is 1. The van der Waals surface area contributed by atoms with Crippen molar-refractivity contribution in [3.8, 4) is 11.5 Å². The summed E-state index contributed by atoms with van der Waals surface area (Å²) in [5, 5.41) is 2.90. The van der Waals surface area contributed by atoms with Gasteiger partial charge in [0.25, 0.3) is 0 Å². The van der Waals surface area contributed by atoms with Crippen LogP contribution in [0.5, 0.6) is 11.5 Å². The van der Waals surface area contributed by atoms with Crippen molar-refractivity contribution in [2.45, 2.75) is 51.7 Å². The lowest BCUT2D eigenvalue weighted by molar-refractivity contribution is -0.116. The van der Waals surface area contributed by atoms with Gasteiger partial charge in [-0.3, -0.25) is 4.79 Å². The molecule has 2 heterocycles. The van der Waals surface area contributed by atoms with E-state index in [1.54, 1.807) is 6.07 Å². The maximum absolute atomic E-state index is 12.2. The summed E-state index contributed by atoms with van der Waals surface area (Å²) >= 11 is 0. The van der Waals surface area contributed by atoms with Gasteiger partial charge < -0.3 is 19.2 Å². The van der Waals surface area contributed by atoms with Crippen LogP contribution in [0.25, 0.3) is 0 Å². The minimum atomic E-state index is -0.666. The van der Waals surface area contributed by atoms with Crippen LogP contribution in [0.15, 0.2) is 34.7 Å². The summed E-state index contributed by atoms with van der Waals surface area (Å²) in [6, 6.07) is 9.45. The molecule has 1 saturated carbocycles. The fraction of sp³-hybridized carbons (Fsp3) is 0.450. The second kappa shape index (κ2) is 5.83. The molecule has 0 unspecified atom stereocenters.